The standard InChI is InChI=1S/C10H17N3O3/c1-3-8(16-2)7-10(13(14)15)9(11)5-4-6-12-10/h4-6,8,12H,3,7,11H2,1-2H3. The van der Waals surface area contributed by atoms with E-state index in [1.54, 1.807) is 19.3 Å². The molecular weight excluding hydrogens is 210 g/mol. The molecule has 1 aliphatic rings. The van der Waals surface area contributed by atoms with E-state index >= 15 is 0 Å². The fourth-order valence-electron chi connectivity index (χ4n) is 1.69. The Bertz CT molecular complexity index is 323. The van der Waals surface area contributed by atoms with Crippen molar-refractivity contribution in [2.75, 3.05) is 7.11 Å². The lowest BCUT2D eigenvalue weighted by Gasteiger charge is -2.30. The van der Waals surface area contributed by atoms with Gasteiger partial charge in [-0.3, -0.25) is 10.1 Å². The maximum absolute atomic E-state index is 11.2. The van der Waals surface area contributed by atoms with E-state index in [0.717, 1.165) is 0 Å². The van der Waals surface area contributed by atoms with E-state index < -0.39 is 10.6 Å². The summed E-state index contributed by atoms with van der Waals surface area (Å²) in [4.78, 5) is 10.8. The minimum atomic E-state index is -1.44. The fraction of sp³-hybridized carbons (Fsp3) is 0.600. The molecule has 0 saturated carbocycles. The second kappa shape index (κ2) is 4.98. The summed E-state index contributed by atoms with van der Waals surface area (Å²) in [6, 6.07) is 0. The minimum absolute atomic E-state index is 0.198. The van der Waals surface area contributed by atoms with E-state index in [-0.39, 0.29) is 18.2 Å². The van der Waals surface area contributed by atoms with Gasteiger partial charge < -0.3 is 15.8 Å². The molecule has 16 heavy (non-hydrogen) atoms. The molecule has 6 heteroatoms. The largest absolute Gasteiger partial charge is 0.395 e. The third kappa shape index (κ3) is 2.16. The lowest BCUT2D eigenvalue weighted by atomic mass is 9.95. The Kier molecular flexibility index (Phi) is 3.89. The number of nitrogens with two attached hydrogens (primary N) is 1. The summed E-state index contributed by atoms with van der Waals surface area (Å²) in [5, 5.41) is 13.9. The molecule has 0 bridgehead atoms. The van der Waals surface area contributed by atoms with Crippen LogP contribution in [-0.2, 0) is 4.74 Å². The highest BCUT2D eigenvalue weighted by Crippen LogP contribution is 2.25. The topological polar surface area (TPSA) is 90.4 Å². The van der Waals surface area contributed by atoms with Gasteiger partial charge in [-0.2, -0.15) is 0 Å². The van der Waals surface area contributed by atoms with Crippen molar-refractivity contribution >= 4 is 0 Å². The van der Waals surface area contributed by atoms with Crippen LogP contribution in [0.3, 0.4) is 0 Å². The van der Waals surface area contributed by atoms with Gasteiger partial charge in [-0.15, -0.1) is 0 Å². The molecule has 0 aliphatic carbocycles. The van der Waals surface area contributed by atoms with Crippen LogP contribution in [0.4, 0.5) is 0 Å². The van der Waals surface area contributed by atoms with Crippen LogP contribution >= 0.6 is 0 Å². The van der Waals surface area contributed by atoms with Crippen LogP contribution < -0.4 is 11.1 Å². The average molecular weight is 227 g/mol. The molecule has 90 valence electrons. The highest BCUT2D eigenvalue weighted by molar-refractivity contribution is 5.24. The molecule has 2 unspecified atom stereocenters. The summed E-state index contributed by atoms with van der Waals surface area (Å²) in [6.07, 6.45) is 5.43. The molecule has 6 nitrogen and oxygen atoms in total. The molecule has 0 radical (unpaired) electrons. The Hall–Kier alpha value is -1.56. The van der Waals surface area contributed by atoms with Gasteiger partial charge in [0.15, 0.2) is 0 Å². The molecule has 1 rings (SSSR count). The van der Waals surface area contributed by atoms with E-state index in [2.05, 4.69) is 5.32 Å². The first kappa shape index (κ1) is 12.5. The van der Waals surface area contributed by atoms with Crippen LogP contribution in [0, 0.1) is 10.1 Å². The molecule has 0 fully saturated rings. The number of hydrogen-bond donors (Lipinski definition) is 2. The Morgan fingerprint density at radius 3 is 2.88 bits per heavy atom. The van der Waals surface area contributed by atoms with E-state index in [4.69, 9.17) is 10.5 Å². The van der Waals surface area contributed by atoms with E-state index in [9.17, 15) is 10.1 Å². The number of nitrogens with zero attached hydrogens (tertiary/aromatic N) is 1. The number of nitro groups is 1. The van der Waals surface area contributed by atoms with Crippen molar-refractivity contribution < 1.29 is 9.66 Å². The van der Waals surface area contributed by atoms with Gasteiger partial charge in [-0.25, -0.2) is 0 Å². The summed E-state index contributed by atoms with van der Waals surface area (Å²) in [7, 11) is 1.54. The van der Waals surface area contributed by atoms with Crippen LogP contribution in [0.2, 0.25) is 0 Å². The highest BCUT2D eigenvalue weighted by atomic mass is 16.6. The fourth-order valence-corrected chi connectivity index (χ4v) is 1.69. The van der Waals surface area contributed by atoms with Crippen LogP contribution in [-0.4, -0.2) is 23.8 Å². The van der Waals surface area contributed by atoms with Gasteiger partial charge >= 0.3 is 5.66 Å². The Balaban J connectivity index is 2.94. The highest BCUT2D eigenvalue weighted by Gasteiger charge is 2.47. The van der Waals surface area contributed by atoms with Gasteiger partial charge in [0.2, 0.25) is 0 Å². The first-order valence-corrected chi connectivity index (χ1v) is 5.14. The molecule has 1 aliphatic heterocycles. The summed E-state index contributed by atoms with van der Waals surface area (Å²) in [5.41, 5.74) is 4.49. The summed E-state index contributed by atoms with van der Waals surface area (Å²) < 4.78 is 5.17. The summed E-state index contributed by atoms with van der Waals surface area (Å²) in [5.74, 6) is 0. The molecule has 0 aromatic heterocycles. The zero-order valence-corrected chi connectivity index (χ0v) is 9.47. The molecule has 2 atom stereocenters. The van der Waals surface area contributed by atoms with Gasteiger partial charge in [0.25, 0.3) is 0 Å². The SMILES string of the molecule is CCC(CC1([N+](=O)[O-])NC=CC=C1N)OC. The maximum atomic E-state index is 11.2. The maximum Gasteiger partial charge on any atom is 0.335 e. The van der Waals surface area contributed by atoms with Crippen molar-refractivity contribution in [3.8, 4) is 0 Å². The van der Waals surface area contributed by atoms with Crippen molar-refractivity contribution in [1.29, 1.82) is 0 Å². The van der Waals surface area contributed by atoms with Crippen molar-refractivity contribution in [1.82, 2.24) is 5.32 Å². The number of ether oxygens (including phenoxy) is 1. The van der Waals surface area contributed by atoms with Gasteiger partial charge in [0.1, 0.15) is 5.70 Å². The zero-order chi connectivity index (χ0) is 12.2. The number of methoxy groups -OCH3 is 1. The van der Waals surface area contributed by atoms with Crippen LogP contribution in [0.15, 0.2) is 24.0 Å². The molecule has 0 spiro atoms. The third-order valence-electron chi connectivity index (χ3n) is 2.80. The lowest BCUT2D eigenvalue weighted by Crippen LogP contribution is -2.56. The molecule has 3 N–H and O–H groups in total. The average Bonchev–Trinajstić information content (AvgIpc) is 2.28. The van der Waals surface area contributed by atoms with Crippen molar-refractivity contribution in [3.05, 3.63) is 34.2 Å². The summed E-state index contributed by atoms with van der Waals surface area (Å²) >= 11 is 0. The Labute approximate surface area is 94.3 Å². The molecule has 1 heterocycles. The lowest BCUT2D eigenvalue weighted by molar-refractivity contribution is -0.567. The van der Waals surface area contributed by atoms with Crippen LogP contribution in [0.5, 0.6) is 0 Å². The minimum Gasteiger partial charge on any atom is -0.395 e. The molecule has 0 aromatic rings. The third-order valence-corrected chi connectivity index (χ3v) is 2.80. The molecule has 0 amide bonds. The predicted molar refractivity (Wildman–Crippen MR) is 60.0 cm³/mol. The Morgan fingerprint density at radius 1 is 1.75 bits per heavy atom. The second-order valence-electron chi connectivity index (χ2n) is 3.71. The smallest absolute Gasteiger partial charge is 0.335 e. The Morgan fingerprint density at radius 2 is 2.44 bits per heavy atom. The summed E-state index contributed by atoms with van der Waals surface area (Å²) in [6.45, 7) is 1.92. The number of dihydropyridines is 1. The van der Waals surface area contributed by atoms with E-state index in [1.165, 1.54) is 6.20 Å². The van der Waals surface area contributed by atoms with Gasteiger partial charge in [0.05, 0.1) is 17.4 Å². The van der Waals surface area contributed by atoms with E-state index in [1.807, 2.05) is 6.92 Å². The number of nitrogens with one attached hydrogen (secondary N) is 1. The normalized spacial score (nSPS) is 25.8. The number of rotatable bonds is 5. The molecule has 0 aromatic carbocycles. The van der Waals surface area contributed by atoms with Crippen molar-refractivity contribution in [2.45, 2.75) is 31.5 Å². The number of hydrogen-bond acceptors (Lipinski definition) is 5. The monoisotopic (exact) mass is 227 g/mol. The first-order valence-electron chi connectivity index (χ1n) is 5.14. The zero-order valence-electron chi connectivity index (χ0n) is 9.47. The van der Waals surface area contributed by atoms with Gasteiger partial charge in [-0.05, 0) is 18.6 Å². The van der Waals surface area contributed by atoms with Crippen LogP contribution in [0.25, 0.3) is 0 Å². The first-order chi connectivity index (χ1) is 7.56. The van der Waals surface area contributed by atoms with Gasteiger partial charge in [0, 0.05) is 13.3 Å². The number of allylic oxidation sites excluding steroid dienone is 2. The van der Waals surface area contributed by atoms with Gasteiger partial charge in [-0.1, -0.05) is 6.92 Å². The van der Waals surface area contributed by atoms with Crippen molar-refractivity contribution in [3.63, 3.8) is 0 Å². The van der Waals surface area contributed by atoms with Crippen LogP contribution in [0.1, 0.15) is 19.8 Å². The van der Waals surface area contributed by atoms with Crippen molar-refractivity contribution in [2.24, 2.45) is 5.73 Å². The molecular formula is C10H17N3O3. The van der Waals surface area contributed by atoms with E-state index in [0.29, 0.717) is 6.42 Å². The second-order valence-corrected chi connectivity index (χ2v) is 3.71. The quantitative estimate of drug-likeness (QED) is 0.534. The predicted octanol–water partition coefficient (Wildman–Crippen LogP) is 0.734. The molecule has 0 saturated heterocycles.